The summed E-state index contributed by atoms with van der Waals surface area (Å²) < 4.78 is 11.0. The summed E-state index contributed by atoms with van der Waals surface area (Å²) in [6.45, 7) is 2.71. The van der Waals surface area contributed by atoms with Crippen molar-refractivity contribution < 1.29 is 9.47 Å². The molecule has 0 aliphatic rings. The average molecular weight is 314 g/mol. The highest BCUT2D eigenvalue weighted by Gasteiger charge is 2.04. The van der Waals surface area contributed by atoms with Gasteiger partial charge in [0, 0.05) is 11.8 Å². The van der Waals surface area contributed by atoms with Crippen molar-refractivity contribution in [3.8, 4) is 11.5 Å². The maximum atomic E-state index is 5.74. The van der Waals surface area contributed by atoms with E-state index in [1.807, 2.05) is 36.4 Å². The molecule has 0 radical (unpaired) electrons. The van der Waals surface area contributed by atoms with Gasteiger partial charge in [0.2, 0.25) is 0 Å². The summed E-state index contributed by atoms with van der Waals surface area (Å²) in [6.07, 6.45) is 0. The summed E-state index contributed by atoms with van der Waals surface area (Å²) in [6, 6.07) is 13.9. The van der Waals surface area contributed by atoms with Crippen molar-refractivity contribution in [1.82, 2.24) is 9.97 Å². The maximum absolute atomic E-state index is 5.74. The van der Waals surface area contributed by atoms with E-state index in [1.54, 1.807) is 18.9 Å². The zero-order valence-electron chi connectivity index (χ0n) is 12.6. The second-order valence-electron chi connectivity index (χ2n) is 4.94. The molecule has 22 heavy (non-hydrogen) atoms. The van der Waals surface area contributed by atoms with Crippen LogP contribution in [0.25, 0.3) is 11.0 Å². The van der Waals surface area contributed by atoms with Crippen LogP contribution in [0.15, 0.2) is 47.6 Å². The average Bonchev–Trinajstić information content (AvgIpc) is 2.93. The smallest absolute Gasteiger partial charge is 0.166 e. The molecule has 3 aromatic rings. The first-order valence-corrected chi connectivity index (χ1v) is 8.09. The van der Waals surface area contributed by atoms with Gasteiger partial charge in [0.25, 0.3) is 0 Å². The van der Waals surface area contributed by atoms with Gasteiger partial charge in [-0.3, -0.25) is 0 Å². The summed E-state index contributed by atoms with van der Waals surface area (Å²) in [5, 5.41) is 0.899. The molecule has 0 bridgehead atoms. The number of hydrogen-bond donors (Lipinski definition) is 1. The van der Waals surface area contributed by atoms with E-state index in [2.05, 4.69) is 23.0 Å². The molecule has 1 N–H and O–H groups in total. The number of thioether (sulfide) groups is 1. The Morgan fingerprint density at radius 2 is 2.05 bits per heavy atom. The first-order valence-electron chi connectivity index (χ1n) is 7.10. The van der Waals surface area contributed by atoms with Crippen molar-refractivity contribution in [3.63, 3.8) is 0 Å². The molecule has 0 spiro atoms. The lowest BCUT2D eigenvalue weighted by Crippen LogP contribution is -2.00. The van der Waals surface area contributed by atoms with E-state index in [9.17, 15) is 0 Å². The summed E-state index contributed by atoms with van der Waals surface area (Å²) in [7, 11) is 1.66. The largest absolute Gasteiger partial charge is 0.497 e. The number of H-pyrrole nitrogens is 1. The van der Waals surface area contributed by atoms with E-state index in [1.165, 1.54) is 5.56 Å². The summed E-state index contributed by atoms with van der Waals surface area (Å²) in [4.78, 5) is 7.84. The van der Waals surface area contributed by atoms with Crippen LogP contribution in [0.2, 0.25) is 0 Å². The second kappa shape index (κ2) is 6.75. The quantitative estimate of drug-likeness (QED) is 0.551. The van der Waals surface area contributed by atoms with E-state index in [0.717, 1.165) is 33.4 Å². The fourth-order valence-corrected chi connectivity index (χ4v) is 2.87. The van der Waals surface area contributed by atoms with Gasteiger partial charge in [0.05, 0.1) is 24.8 Å². The predicted octanol–water partition coefficient (Wildman–Crippen LogP) is 4.05. The Morgan fingerprint density at radius 3 is 2.86 bits per heavy atom. The Balaban J connectivity index is 1.55. The van der Waals surface area contributed by atoms with Gasteiger partial charge in [0.1, 0.15) is 11.5 Å². The SMILES string of the molecule is COc1ccc2nc(SCCOc3cccc(C)c3)[nH]c2c1. The highest BCUT2D eigenvalue weighted by Crippen LogP contribution is 2.23. The third-order valence-electron chi connectivity index (χ3n) is 3.25. The first-order chi connectivity index (χ1) is 10.7. The number of benzene rings is 2. The van der Waals surface area contributed by atoms with Crippen molar-refractivity contribution in [3.05, 3.63) is 48.0 Å². The summed E-state index contributed by atoms with van der Waals surface area (Å²) in [5.41, 5.74) is 3.14. The van der Waals surface area contributed by atoms with Crippen molar-refractivity contribution in [2.45, 2.75) is 12.1 Å². The number of methoxy groups -OCH3 is 1. The number of nitrogens with zero attached hydrogens (tertiary/aromatic N) is 1. The van der Waals surface area contributed by atoms with Gasteiger partial charge in [-0.1, -0.05) is 23.9 Å². The molecule has 0 aliphatic heterocycles. The molecule has 1 heterocycles. The number of aromatic amines is 1. The number of ether oxygens (including phenoxy) is 2. The van der Waals surface area contributed by atoms with Crippen LogP contribution in [-0.2, 0) is 0 Å². The highest BCUT2D eigenvalue weighted by atomic mass is 32.2. The van der Waals surface area contributed by atoms with Gasteiger partial charge in [-0.2, -0.15) is 0 Å². The molecule has 4 nitrogen and oxygen atoms in total. The van der Waals surface area contributed by atoms with E-state index in [-0.39, 0.29) is 0 Å². The van der Waals surface area contributed by atoms with Crippen LogP contribution in [0.5, 0.6) is 11.5 Å². The van der Waals surface area contributed by atoms with Crippen molar-refractivity contribution in [2.24, 2.45) is 0 Å². The monoisotopic (exact) mass is 314 g/mol. The Kier molecular flexibility index (Phi) is 4.53. The Hall–Kier alpha value is -2.14. The third-order valence-corrected chi connectivity index (χ3v) is 4.09. The van der Waals surface area contributed by atoms with Gasteiger partial charge in [-0.15, -0.1) is 0 Å². The second-order valence-corrected chi connectivity index (χ2v) is 6.02. The minimum absolute atomic E-state index is 0.647. The molecule has 0 fully saturated rings. The summed E-state index contributed by atoms with van der Waals surface area (Å²) in [5.74, 6) is 2.58. The van der Waals surface area contributed by atoms with Crippen molar-refractivity contribution in [2.75, 3.05) is 19.5 Å². The van der Waals surface area contributed by atoms with Crippen LogP contribution in [0, 0.1) is 6.92 Å². The van der Waals surface area contributed by atoms with Crippen LogP contribution in [0.4, 0.5) is 0 Å². The topological polar surface area (TPSA) is 47.1 Å². The fourth-order valence-electron chi connectivity index (χ4n) is 2.16. The van der Waals surface area contributed by atoms with Gasteiger partial charge in [-0.05, 0) is 36.8 Å². The molecular weight excluding hydrogens is 296 g/mol. The zero-order valence-corrected chi connectivity index (χ0v) is 13.4. The molecule has 0 saturated carbocycles. The molecule has 2 aromatic carbocycles. The molecule has 3 rings (SSSR count). The van der Waals surface area contributed by atoms with E-state index in [0.29, 0.717) is 6.61 Å². The number of aromatic nitrogens is 2. The number of aryl methyl sites for hydroxylation is 1. The highest BCUT2D eigenvalue weighted by molar-refractivity contribution is 7.99. The Labute approximate surface area is 133 Å². The number of hydrogen-bond acceptors (Lipinski definition) is 4. The number of imidazole rings is 1. The molecule has 0 aliphatic carbocycles. The van der Waals surface area contributed by atoms with Crippen LogP contribution in [-0.4, -0.2) is 29.4 Å². The van der Waals surface area contributed by atoms with E-state index in [4.69, 9.17) is 9.47 Å². The van der Waals surface area contributed by atoms with Crippen LogP contribution < -0.4 is 9.47 Å². The molecule has 114 valence electrons. The number of fused-ring (bicyclic) bond motifs is 1. The lowest BCUT2D eigenvalue weighted by atomic mass is 10.2. The molecule has 0 saturated heterocycles. The minimum Gasteiger partial charge on any atom is -0.497 e. The van der Waals surface area contributed by atoms with Gasteiger partial charge in [-0.25, -0.2) is 4.98 Å². The number of nitrogens with one attached hydrogen (secondary N) is 1. The molecule has 0 unspecified atom stereocenters. The van der Waals surface area contributed by atoms with Crippen LogP contribution in [0.1, 0.15) is 5.56 Å². The van der Waals surface area contributed by atoms with Gasteiger partial charge in [0.15, 0.2) is 5.16 Å². The van der Waals surface area contributed by atoms with Crippen molar-refractivity contribution in [1.29, 1.82) is 0 Å². The molecule has 0 amide bonds. The minimum atomic E-state index is 0.647. The standard InChI is InChI=1S/C17H18N2O2S/c1-12-4-3-5-14(10-12)21-8-9-22-17-18-15-7-6-13(20-2)11-16(15)19-17/h3-7,10-11H,8-9H2,1-2H3,(H,18,19). The van der Waals surface area contributed by atoms with Gasteiger partial charge < -0.3 is 14.5 Å². The fraction of sp³-hybridized carbons (Fsp3) is 0.235. The normalized spacial score (nSPS) is 10.8. The molecular formula is C17H18N2O2S. The third kappa shape index (κ3) is 3.54. The Morgan fingerprint density at radius 1 is 1.14 bits per heavy atom. The summed E-state index contributed by atoms with van der Waals surface area (Å²) >= 11 is 1.65. The molecule has 1 aromatic heterocycles. The lowest BCUT2D eigenvalue weighted by Gasteiger charge is -2.05. The van der Waals surface area contributed by atoms with E-state index >= 15 is 0 Å². The maximum Gasteiger partial charge on any atom is 0.166 e. The van der Waals surface area contributed by atoms with E-state index < -0.39 is 0 Å². The van der Waals surface area contributed by atoms with Crippen LogP contribution >= 0.6 is 11.8 Å². The van der Waals surface area contributed by atoms with Crippen molar-refractivity contribution >= 4 is 22.8 Å². The lowest BCUT2D eigenvalue weighted by molar-refractivity contribution is 0.343. The first kappa shape index (κ1) is 14.8. The molecule has 5 heteroatoms. The molecule has 0 atom stereocenters. The Bertz CT molecular complexity index is 770. The van der Waals surface area contributed by atoms with Gasteiger partial charge >= 0.3 is 0 Å². The van der Waals surface area contributed by atoms with Crippen LogP contribution in [0.3, 0.4) is 0 Å². The zero-order chi connectivity index (χ0) is 15.4. The number of rotatable bonds is 6. The predicted molar refractivity (Wildman–Crippen MR) is 90.0 cm³/mol.